The molecule has 0 saturated heterocycles. The van der Waals surface area contributed by atoms with Crippen LogP contribution in [0.3, 0.4) is 0 Å². The normalized spacial score (nSPS) is 15.2. The molecule has 1 rings (SSSR count). The van der Waals surface area contributed by atoms with E-state index in [1.54, 1.807) is 0 Å². The summed E-state index contributed by atoms with van der Waals surface area (Å²) in [5, 5.41) is 0. The van der Waals surface area contributed by atoms with E-state index in [0.717, 1.165) is 57.8 Å². The zero-order chi connectivity index (χ0) is 24.2. The average Bonchev–Trinajstić information content (AvgIpc) is 2.83. The minimum atomic E-state index is -0.289. The third-order valence-corrected chi connectivity index (χ3v) is 6.77. The minimum absolute atomic E-state index is 0.138. The second kappa shape index (κ2) is 20.1. The summed E-state index contributed by atoms with van der Waals surface area (Å²) in [5.41, 5.74) is 1.22. The van der Waals surface area contributed by atoms with Crippen molar-refractivity contribution in [3.63, 3.8) is 0 Å². The van der Waals surface area contributed by atoms with Crippen molar-refractivity contribution in [3.8, 4) is 0 Å². The van der Waals surface area contributed by atoms with Crippen molar-refractivity contribution in [2.24, 2.45) is 5.92 Å². The number of hydrogen-bond donors (Lipinski definition) is 0. The molecule has 0 N–H and O–H groups in total. The van der Waals surface area contributed by atoms with E-state index in [1.165, 1.54) is 57.8 Å². The smallest absolute Gasteiger partial charge is 0.334 e. The Hall–Kier alpha value is -1.32. The zero-order valence-electron chi connectivity index (χ0n) is 22.1. The molecule has 1 fully saturated rings. The van der Waals surface area contributed by atoms with Crippen molar-refractivity contribution >= 4 is 11.9 Å². The Labute approximate surface area is 204 Å². The van der Waals surface area contributed by atoms with Crippen LogP contribution in [-0.2, 0) is 19.1 Å². The maximum Gasteiger partial charge on any atom is 0.334 e. The van der Waals surface area contributed by atoms with Gasteiger partial charge in [-0.15, -0.1) is 0 Å². The summed E-state index contributed by atoms with van der Waals surface area (Å²) >= 11 is 0. The van der Waals surface area contributed by atoms with Crippen LogP contribution in [0.1, 0.15) is 143 Å². The van der Waals surface area contributed by atoms with E-state index in [0.29, 0.717) is 30.8 Å². The number of carbonyl (C=O) groups is 2. The molecule has 1 saturated carbocycles. The van der Waals surface area contributed by atoms with Crippen LogP contribution in [0.25, 0.3) is 0 Å². The van der Waals surface area contributed by atoms with Crippen LogP contribution >= 0.6 is 0 Å². The molecule has 0 radical (unpaired) electrons. The fourth-order valence-electron chi connectivity index (χ4n) is 4.78. The molecule has 192 valence electrons. The maximum absolute atomic E-state index is 13.2. The van der Waals surface area contributed by atoms with Gasteiger partial charge in [0.05, 0.1) is 18.8 Å². The van der Waals surface area contributed by atoms with Gasteiger partial charge in [0.1, 0.15) is 0 Å². The van der Waals surface area contributed by atoms with E-state index in [1.807, 2.05) is 0 Å². The third-order valence-electron chi connectivity index (χ3n) is 6.77. The van der Waals surface area contributed by atoms with Gasteiger partial charge in [0.15, 0.2) is 0 Å². The Balaban J connectivity index is 2.72. The van der Waals surface area contributed by atoms with Gasteiger partial charge >= 0.3 is 11.9 Å². The number of unbranched alkanes of at least 4 members (excludes halogenated alkanes) is 10. The van der Waals surface area contributed by atoms with Crippen LogP contribution in [0.5, 0.6) is 0 Å². The van der Waals surface area contributed by atoms with Crippen LogP contribution in [0.15, 0.2) is 11.1 Å². The highest BCUT2D eigenvalue weighted by Gasteiger charge is 2.30. The lowest BCUT2D eigenvalue weighted by atomic mass is 9.81. The fourth-order valence-corrected chi connectivity index (χ4v) is 4.78. The van der Waals surface area contributed by atoms with Gasteiger partial charge in [-0.25, -0.2) is 9.59 Å². The molecular formula is C29H52O4. The average molecular weight is 465 g/mol. The predicted octanol–water partition coefficient (Wildman–Crippen LogP) is 8.47. The highest BCUT2D eigenvalue weighted by molar-refractivity contribution is 6.00. The number of esters is 2. The lowest BCUT2D eigenvalue weighted by Crippen LogP contribution is -2.24. The van der Waals surface area contributed by atoms with Crippen LogP contribution < -0.4 is 0 Å². The largest absolute Gasteiger partial charge is 0.462 e. The van der Waals surface area contributed by atoms with Crippen molar-refractivity contribution in [2.45, 2.75) is 143 Å². The van der Waals surface area contributed by atoms with Gasteiger partial charge in [0.25, 0.3) is 0 Å². The first-order valence-electron chi connectivity index (χ1n) is 14.2. The summed E-state index contributed by atoms with van der Waals surface area (Å²) < 4.78 is 11.4. The number of hydrogen-bond acceptors (Lipinski definition) is 4. The van der Waals surface area contributed by atoms with E-state index in [4.69, 9.17) is 9.47 Å². The highest BCUT2D eigenvalue weighted by Crippen LogP contribution is 2.34. The Morgan fingerprint density at radius 2 is 1.09 bits per heavy atom. The number of carbonyl (C=O) groups excluding carboxylic acids is 2. The first-order valence-corrected chi connectivity index (χ1v) is 14.2. The maximum atomic E-state index is 13.2. The molecule has 1 aliphatic carbocycles. The van der Waals surface area contributed by atoms with Crippen molar-refractivity contribution < 1.29 is 19.1 Å². The van der Waals surface area contributed by atoms with Gasteiger partial charge in [-0.05, 0) is 38.0 Å². The van der Waals surface area contributed by atoms with Crippen molar-refractivity contribution in [1.29, 1.82) is 0 Å². The summed E-state index contributed by atoms with van der Waals surface area (Å²) in [6, 6.07) is 0. The van der Waals surface area contributed by atoms with Gasteiger partial charge < -0.3 is 9.47 Å². The summed E-state index contributed by atoms with van der Waals surface area (Å²) in [5.74, 6) is -0.420. The second-order valence-corrected chi connectivity index (χ2v) is 9.78. The van der Waals surface area contributed by atoms with Gasteiger partial charge in [-0.2, -0.15) is 0 Å². The van der Waals surface area contributed by atoms with Gasteiger partial charge in [-0.3, -0.25) is 0 Å². The van der Waals surface area contributed by atoms with Crippen molar-refractivity contribution in [2.75, 3.05) is 13.2 Å². The van der Waals surface area contributed by atoms with E-state index in [9.17, 15) is 9.59 Å². The van der Waals surface area contributed by atoms with E-state index < -0.39 is 0 Å². The molecule has 0 aromatic rings. The summed E-state index contributed by atoms with van der Waals surface area (Å²) in [4.78, 5) is 26.2. The molecule has 4 heteroatoms. The SMILES string of the molecule is CCCCCCCCOC(=O)C(CCC)=C(C(=O)OCCCCCCCC)C1CCCCC1. The Kier molecular flexibility index (Phi) is 18.1. The molecule has 0 amide bonds. The minimum Gasteiger partial charge on any atom is -0.462 e. The Morgan fingerprint density at radius 3 is 1.61 bits per heavy atom. The third kappa shape index (κ3) is 13.2. The molecule has 0 bridgehead atoms. The topological polar surface area (TPSA) is 52.6 Å². The van der Waals surface area contributed by atoms with Crippen LogP contribution in [0, 0.1) is 5.92 Å². The molecule has 0 unspecified atom stereocenters. The lowest BCUT2D eigenvalue weighted by Gasteiger charge is -2.25. The molecule has 4 nitrogen and oxygen atoms in total. The predicted molar refractivity (Wildman–Crippen MR) is 137 cm³/mol. The fraction of sp³-hybridized carbons (Fsp3) is 0.862. The number of rotatable bonds is 19. The van der Waals surface area contributed by atoms with Crippen LogP contribution in [0.4, 0.5) is 0 Å². The standard InChI is InChI=1S/C29H52O4/c1-4-7-9-11-13-18-23-32-28(30)26(20-6-3)27(25-21-16-15-17-22-25)29(31)33-24-19-14-12-10-8-5-2/h25H,4-24H2,1-3H3. The monoisotopic (exact) mass is 464 g/mol. The summed E-state index contributed by atoms with van der Waals surface area (Å²) in [7, 11) is 0. The summed E-state index contributed by atoms with van der Waals surface area (Å²) in [6.07, 6.45) is 20.7. The van der Waals surface area contributed by atoms with Crippen molar-refractivity contribution in [3.05, 3.63) is 11.1 Å². The lowest BCUT2D eigenvalue weighted by molar-refractivity contribution is -0.143. The Morgan fingerprint density at radius 1 is 0.606 bits per heavy atom. The molecule has 0 atom stereocenters. The van der Waals surface area contributed by atoms with Crippen LogP contribution in [0.2, 0.25) is 0 Å². The molecule has 0 spiro atoms. The molecule has 0 heterocycles. The van der Waals surface area contributed by atoms with E-state index >= 15 is 0 Å². The van der Waals surface area contributed by atoms with E-state index in [2.05, 4.69) is 20.8 Å². The molecule has 0 aromatic carbocycles. The highest BCUT2D eigenvalue weighted by atomic mass is 16.5. The second-order valence-electron chi connectivity index (χ2n) is 9.78. The van der Waals surface area contributed by atoms with Gasteiger partial charge in [0.2, 0.25) is 0 Å². The van der Waals surface area contributed by atoms with Crippen LogP contribution in [-0.4, -0.2) is 25.2 Å². The Bertz CT molecular complexity index is 546. The zero-order valence-corrected chi connectivity index (χ0v) is 22.1. The van der Waals surface area contributed by atoms with E-state index in [-0.39, 0.29) is 17.9 Å². The first-order chi connectivity index (χ1) is 16.2. The quantitative estimate of drug-likeness (QED) is 0.109. The number of ether oxygens (including phenoxy) is 2. The summed E-state index contributed by atoms with van der Waals surface area (Å²) in [6.45, 7) is 7.39. The molecule has 33 heavy (non-hydrogen) atoms. The first kappa shape index (κ1) is 29.7. The molecule has 0 aliphatic heterocycles. The van der Waals surface area contributed by atoms with Crippen molar-refractivity contribution in [1.82, 2.24) is 0 Å². The van der Waals surface area contributed by atoms with Gasteiger partial charge in [-0.1, -0.05) is 111 Å². The molecule has 0 aromatic heterocycles. The molecular weight excluding hydrogens is 412 g/mol. The van der Waals surface area contributed by atoms with Gasteiger partial charge in [0, 0.05) is 5.57 Å². The molecule has 1 aliphatic rings.